The van der Waals surface area contributed by atoms with Gasteiger partial charge in [-0.25, -0.2) is 4.39 Å². The number of alkyl halides is 1. The van der Waals surface area contributed by atoms with Gasteiger partial charge in [0.2, 0.25) is 0 Å². The molecular weight excluding hydrogens is 351 g/mol. The van der Waals surface area contributed by atoms with E-state index in [1.807, 2.05) is 48.5 Å². The number of benzene rings is 3. The van der Waals surface area contributed by atoms with Gasteiger partial charge in [-0.3, -0.25) is 0 Å². The zero-order chi connectivity index (χ0) is 16.4. The Balaban J connectivity index is 2.21. The predicted octanol–water partition coefficient (Wildman–Crippen LogP) is 5.88. The summed E-state index contributed by atoms with van der Waals surface area (Å²) in [5, 5.41) is 0. The molecule has 0 unspecified atom stereocenters. The molecule has 0 aliphatic heterocycles. The molecule has 0 amide bonds. The van der Waals surface area contributed by atoms with Crippen LogP contribution in [-0.4, -0.2) is 0 Å². The van der Waals surface area contributed by atoms with Crippen LogP contribution in [0, 0.1) is 19.7 Å². The van der Waals surface area contributed by atoms with Crippen LogP contribution in [0.1, 0.15) is 27.8 Å². The fraction of sp³-hybridized carbons (Fsp3) is 0.0476. The largest absolute Gasteiger partial charge is 0.207 e. The molecule has 23 heavy (non-hydrogen) atoms. The van der Waals surface area contributed by atoms with Gasteiger partial charge < -0.3 is 0 Å². The lowest BCUT2D eigenvalue weighted by atomic mass is 9.84. The van der Waals surface area contributed by atoms with Gasteiger partial charge >= 0.3 is 0 Å². The number of hydrogen-bond donors (Lipinski definition) is 0. The Morgan fingerprint density at radius 2 is 0.913 bits per heavy atom. The average molecular weight is 367 g/mol. The van der Waals surface area contributed by atoms with Crippen molar-refractivity contribution in [2.24, 2.45) is 0 Å². The quantitative estimate of drug-likeness (QED) is 0.401. The van der Waals surface area contributed by atoms with Crippen LogP contribution < -0.4 is 0 Å². The van der Waals surface area contributed by atoms with Gasteiger partial charge in [0.1, 0.15) is 10.1 Å². The molecular formula is C21H16BrF. The van der Waals surface area contributed by atoms with E-state index >= 15 is 0 Å². The summed E-state index contributed by atoms with van der Waals surface area (Å²) < 4.78 is 12.8. The highest BCUT2D eigenvalue weighted by atomic mass is 79.9. The first-order valence-corrected chi connectivity index (χ1v) is 8.09. The summed E-state index contributed by atoms with van der Waals surface area (Å²) in [6, 6.07) is 22.6. The minimum absolute atomic E-state index is 0.246. The highest BCUT2D eigenvalue weighted by molar-refractivity contribution is 9.10. The van der Waals surface area contributed by atoms with Crippen LogP contribution in [0.15, 0.2) is 72.8 Å². The molecule has 0 aliphatic rings. The van der Waals surface area contributed by atoms with Crippen molar-refractivity contribution in [3.05, 3.63) is 120 Å². The standard InChI is InChI=1S/C21H16BrF/c1-15-3-7-17(8-4-15)21(22,18-9-5-16(2)6-10-18)19-11-13-20(23)14-12-19/h3-14H,1-2H2. The van der Waals surface area contributed by atoms with Crippen molar-refractivity contribution in [2.75, 3.05) is 0 Å². The van der Waals surface area contributed by atoms with Gasteiger partial charge in [0.05, 0.1) is 0 Å². The van der Waals surface area contributed by atoms with Crippen molar-refractivity contribution in [2.45, 2.75) is 4.32 Å². The van der Waals surface area contributed by atoms with Crippen LogP contribution in [0.2, 0.25) is 0 Å². The maximum Gasteiger partial charge on any atom is 0.123 e. The third-order valence-electron chi connectivity index (χ3n) is 3.95. The summed E-state index contributed by atoms with van der Waals surface area (Å²) in [7, 11) is 0. The van der Waals surface area contributed by atoms with Crippen LogP contribution in [0.25, 0.3) is 0 Å². The van der Waals surface area contributed by atoms with Crippen molar-refractivity contribution in [3.8, 4) is 0 Å². The number of rotatable bonds is 3. The van der Waals surface area contributed by atoms with Gasteiger partial charge in [-0.2, -0.15) is 0 Å². The summed E-state index contributed by atoms with van der Waals surface area (Å²) in [5.74, 6) is -0.246. The SMILES string of the molecule is [CH2]c1ccc(C(Br)(c2ccc([CH2])cc2)c2ccc(F)cc2)cc1. The summed E-state index contributed by atoms with van der Waals surface area (Å²) in [6.07, 6.45) is 0. The molecule has 3 rings (SSSR count). The van der Waals surface area contributed by atoms with Crippen LogP contribution in [0.3, 0.4) is 0 Å². The normalized spacial score (nSPS) is 11.5. The number of halogens is 2. The Kier molecular flexibility index (Phi) is 4.36. The maximum absolute atomic E-state index is 13.4. The molecule has 0 aromatic heterocycles. The van der Waals surface area contributed by atoms with Gasteiger partial charge in [0, 0.05) is 0 Å². The molecule has 0 bridgehead atoms. The first-order chi connectivity index (χ1) is 11.0. The molecule has 0 fully saturated rings. The molecule has 0 saturated heterocycles. The highest BCUT2D eigenvalue weighted by Gasteiger charge is 2.33. The Morgan fingerprint density at radius 3 is 1.26 bits per heavy atom. The van der Waals surface area contributed by atoms with E-state index in [0.717, 1.165) is 27.8 Å². The summed E-state index contributed by atoms with van der Waals surface area (Å²) >= 11 is 3.92. The van der Waals surface area contributed by atoms with Crippen molar-refractivity contribution >= 4 is 15.9 Å². The molecule has 114 valence electrons. The monoisotopic (exact) mass is 366 g/mol. The molecule has 0 atom stereocenters. The van der Waals surface area contributed by atoms with Gasteiger partial charge in [-0.15, -0.1) is 0 Å². The molecule has 2 radical (unpaired) electrons. The Bertz CT molecular complexity index is 676. The molecule has 0 aliphatic carbocycles. The van der Waals surface area contributed by atoms with E-state index in [9.17, 15) is 4.39 Å². The first kappa shape index (κ1) is 15.9. The van der Waals surface area contributed by atoms with Crippen LogP contribution in [0.4, 0.5) is 4.39 Å². The third-order valence-corrected chi connectivity index (χ3v) is 5.32. The van der Waals surface area contributed by atoms with E-state index in [4.69, 9.17) is 0 Å². The van der Waals surface area contributed by atoms with E-state index in [1.54, 1.807) is 12.1 Å². The first-order valence-electron chi connectivity index (χ1n) is 7.30. The van der Waals surface area contributed by atoms with Gasteiger partial charge in [-0.1, -0.05) is 76.6 Å². The maximum atomic E-state index is 13.4. The number of hydrogen-bond acceptors (Lipinski definition) is 0. The lowest BCUT2D eigenvalue weighted by Gasteiger charge is -2.30. The molecule has 0 nitrogen and oxygen atoms in total. The minimum Gasteiger partial charge on any atom is -0.207 e. The Hall–Kier alpha value is -1.93. The van der Waals surface area contributed by atoms with E-state index in [2.05, 4.69) is 29.8 Å². The van der Waals surface area contributed by atoms with Crippen LogP contribution in [0.5, 0.6) is 0 Å². The molecule has 3 aromatic carbocycles. The minimum atomic E-state index is -0.553. The Morgan fingerprint density at radius 1 is 0.609 bits per heavy atom. The zero-order valence-corrected chi connectivity index (χ0v) is 14.2. The average Bonchev–Trinajstić information content (AvgIpc) is 2.56. The molecule has 0 spiro atoms. The second-order valence-electron chi connectivity index (χ2n) is 5.56. The molecule has 2 heteroatoms. The predicted molar refractivity (Wildman–Crippen MR) is 97.0 cm³/mol. The summed E-state index contributed by atoms with van der Waals surface area (Å²) in [4.78, 5) is 0. The van der Waals surface area contributed by atoms with E-state index in [-0.39, 0.29) is 5.82 Å². The topological polar surface area (TPSA) is 0 Å². The van der Waals surface area contributed by atoms with E-state index in [0.29, 0.717) is 0 Å². The van der Waals surface area contributed by atoms with Crippen LogP contribution in [-0.2, 0) is 4.32 Å². The second kappa shape index (κ2) is 6.29. The van der Waals surface area contributed by atoms with Gasteiger partial charge in [0.15, 0.2) is 0 Å². The lowest BCUT2D eigenvalue weighted by molar-refractivity contribution is 0.626. The van der Waals surface area contributed by atoms with E-state index in [1.165, 1.54) is 12.1 Å². The van der Waals surface area contributed by atoms with Gasteiger partial charge in [0.25, 0.3) is 0 Å². The van der Waals surface area contributed by atoms with Crippen molar-refractivity contribution in [1.82, 2.24) is 0 Å². The third kappa shape index (κ3) is 3.09. The van der Waals surface area contributed by atoms with Crippen molar-refractivity contribution < 1.29 is 4.39 Å². The van der Waals surface area contributed by atoms with Crippen LogP contribution >= 0.6 is 15.9 Å². The second-order valence-corrected chi connectivity index (χ2v) is 6.75. The Labute approximate surface area is 145 Å². The smallest absolute Gasteiger partial charge is 0.123 e. The van der Waals surface area contributed by atoms with Gasteiger partial charge in [-0.05, 0) is 53.8 Å². The highest BCUT2D eigenvalue weighted by Crippen LogP contribution is 2.44. The fourth-order valence-electron chi connectivity index (χ4n) is 2.65. The molecule has 3 aromatic rings. The fourth-order valence-corrected chi connectivity index (χ4v) is 3.44. The molecule has 0 N–H and O–H groups in total. The van der Waals surface area contributed by atoms with Crippen molar-refractivity contribution in [1.29, 1.82) is 0 Å². The summed E-state index contributed by atoms with van der Waals surface area (Å²) in [6.45, 7) is 7.88. The van der Waals surface area contributed by atoms with E-state index < -0.39 is 4.32 Å². The zero-order valence-electron chi connectivity index (χ0n) is 12.6. The van der Waals surface area contributed by atoms with Crippen molar-refractivity contribution in [3.63, 3.8) is 0 Å². The molecule has 0 heterocycles. The molecule has 0 saturated carbocycles. The summed E-state index contributed by atoms with van der Waals surface area (Å²) in [5.41, 5.74) is 5.00. The lowest BCUT2D eigenvalue weighted by Crippen LogP contribution is -2.21.